The zero-order chi connectivity index (χ0) is 17.4. The topological polar surface area (TPSA) is 68.2 Å². The molecule has 4 heteroatoms. The second-order valence-electron chi connectivity index (χ2n) is 7.23. The van der Waals surface area contributed by atoms with Crippen molar-refractivity contribution in [3.8, 4) is 0 Å². The van der Waals surface area contributed by atoms with Crippen molar-refractivity contribution in [3.63, 3.8) is 0 Å². The molecule has 2 aromatic rings. The highest BCUT2D eigenvalue weighted by Crippen LogP contribution is 2.34. The Morgan fingerprint density at radius 1 is 1.30 bits per heavy atom. The third kappa shape index (κ3) is 3.13. The number of hydrogen-bond donors (Lipinski definition) is 2. The number of nitrogens with zero attached hydrogens (tertiary/aromatic N) is 1. The molecule has 0 amide bonds. The van der Waals surface area contributed by atoms with E-state index < -0.39 is 5.97 Å². The van der Waals surface area contributed by atoms with Gasteiger partial charge in [-0.05, 0) is 42.0 Å². The van der Waals surface area contributed by atoms with Crippen LogP contribution in [0.3, 0.4) is 0 Å². The first-order valence-electron chi connectivity index (χ1n) is 8.31. The Labute approximate surface area is 138 Å². The molecule has 0 saturated heterocycles. The molecule has 3 N–H and O–H groups in total. The molecule has 126 valence electrons. The number of fused-ring (bicyclic) bond motifs is 1. The Bertz CT molecular complexity index is 736. The van der Waals surface area contributed by atoms with Crippen LogP contribution < -0.4 is 5.73 Å². The molecule has 0 fully saturated rings. The molecule has 4 nitrogen and oxygen atoms in total. The first-order chi connectivity index (χ1) is 10.7. The van der Waals surface area contributed by atoms with Crippen LogP contribution in [0.5, 0.6) is 0 Å². The van der Waals surface area contributed by atoms with E-state index in [0.29, 0.717) is 18.7 Å². The molecule has 23 heavy (non-hydrogen) atoms. The average Bonchev–Trinajstić information content (AvgIpc) is 2.72. The van der Waals surface area contributed by atoms with Gasteiger partial charge in [-0.1, -0.05) is 34.1 Å². The number of aromatic carboxylic acids is 1. The van der Waals surface area contributed by atoms with Gasteiger partial charge in [-0.3, -0.25) is 0 Å². The summed E-state index contributed by atoms with van der Waals surface area (Å²) >= 11 is 0. The van der Waals surface area contributed by atoms with Gasteiger partial charge in [0.05, 0.1) is 11.1 Å². The third-order valence-electron chi connectivity index (χ3n) is 4.50. The lowest BCUT2D eigenvalue weighted by Gasteiger charge is -2.20. The van der Waals surface area contributed by atoms with Crippen LogP contribution in [0.2, 0.25) is 0 Å². The van der Waals surface area contributed by atoms with Crippen molar-refractivity contribution in [2.24, 2.45) is 5.73 Å². The summed E-state index contributed by atoms with van der Waals surface area (Å²) in [6.07, 6.45) is 1.98. The average molecular weight is 316 g/mol. The van der Waals surface area contributed by atoms with Crippen LogP contribution in [0.15, 0.2) is 12.1 Å². The van der Waals surface area contributed by atoms with Crippen LogP contribution in [-0.4, -0.2) is 22.2 Å². The van der Waals surface area contributed by atoms with Gasteiger partial charge in [-0.2, -0.15) is 0 Å². The van der Waals surface area contributed by atoms with Gasteiger partial charge in [-0.15, -0.1) is 0 Å². The lowest BCUT2D eigenvalue weighted by atomic mass is 9.84. The number of aromatic nitrogens is 1. The van der Waals surface area contributed by atoms with E-state index in [1.807, 2.05) is 6.07 Å². The number of aryl methyl sites for hydroxylation is 1. The number of hydrogen-bond acceptors (Lipinski definition) is 2. The summed E-state index contributed by atoms with van der Waals surface area (Å²) in [5, 5.41) is 10.8. The van der Waals surface area contributed by atoms with E-state index >= 15 is 0 Å². The Kier molecular flexibility index (Phi) is 4.85. The monoisotopic (exact) mass is 316 g/mol. The molecule has 0 atom stereocenters. The van der Waals surface area contributed by atoms with E-state index in [0.717, 1.165) is 35.0 Å². The van der Waals surface area contributed by atoms with Crippen molar-refractivity contribution in [1.29, 1.82) is 0 Å². The van der Waals surface area contributed by atoms with E-state index in [1.54, 1.807) is 0 Å². The molecule has 1 heterocycles. The number of carboxylic acids is 1. The lowest BCUT2D eigenvalue weighted by molar-refractivity contribution is 0.0698. The summed E-state index contributed by atoms with van der Waals surface area (Å²) < 4.78 is 2.08. The zero-order valence-electron chi connectivity index (χ0n) is 14.9. The molecule has 1 aromatic heterocycles. The van der Waals surface area contributed by atoms with Crippen LogP contribution in [0.4, 0.5) is 0 Å². The first-order valence-corrected chi connectivity index (χ1v) is 8.31. The van der Waals surface area contributed by atoms with Crippen LogP contribution in [0.25, 0.3) is 10.9 Å². The molecular weight excluding hydrogens is 288 g/mol. The predicted molar refractivity (Wildman–Crippen MR) is 95.4 cm³/mol. The maximum absolute atomic E-state index is 11.9. The minimum absolute atomic E-state index is 0.0915. The molecule has 0 aliphatic heterocycles. The van der Waals surface area contributed by atoms with Crippen molar-refractivity contribution in [3.05, 3.63) is 34.5 Å². The number of carboxylic acid groups (broad SMARTS) is 1. The summed E-state index contributed by atoms with van der Waals surface area (Å²) in [6.45, 7) is 11.7. The molecule has 2 rings (SSSR count). The van der Waals surface area contributed by atoms with Crippen LogP contribution >= 0.6 is 0 Å². The normalized spacial score (nSPS) is 12.1. The molecular formula is C19H28N2O2. The van der Waals surface area contributed by atoms with E-state index in [2.05, 4.69) is 45.3 Å². The van der Waals surface area contributed by atoms with Gasteiger partial charge in [-0.25, -0.2) is 4.79 Å². The van der Waals surface area contributed by atoms with Crippen LogP contribution in [0.1, 0.15) is 61.3 Å². The van der Waals surface area contributed by atoms with Gasteiger partial charge < -0.3 is 15.4 Å². The van der Waals surface area contributed by atoms with Gasteiger partial charge in [0.2, 0.25) is 0 Å². The fourth-order valence-electron chi connectivity index (χ4n) is 3.25. The summed E-state index contributed by atoms with van der Waals surface area (Å²) in [7, 11) is 0. The predicted octanol–water partition coefficient (Wildman–Crippen LogP) is 3.86. The van der Waals surface area contributed by atoms with E-state index in [1.165, 1.54) is 5.56 Å². The molecule has 0 unspecified atom stereocenters. The van der Waals surface area contributed by atoms with Crippen molar-refractivity contribution in [2.45, 2.75) is 59.4 Å². The molecule has 1 aromatic carbocycles. The van der Waals surface area contributed by atoms with Crippen molar-refractivity contribution in [2.75, 3.05) is 6.54 Å². The quantitative estimate of drug-likeness (QED) is 0.880. The molecule has 0 radical (unpaired) electrons. The Hall–Kier alpha value is -1.81. The maximum Gasteiger partial charge on any atom is 0.337 e. The van der Waals surface area contributed by atoms with Crippen LogP contribution in [0, 0.1) is 6.92 Å². The van der Waals surface area contributed by atoms with E-state index in [-0.39, 0.29) is 5.41 Å². The molecule has 0 spiro atoms. The second-order valence-corrected chi connectivity index (χ2v) is 7.23. The third-order valence-corrected chi connectivity index (χ3v) is 4.50. The summed E-state index contributed by atoms with van der Waals surface area (Å²) in [6, 6.07) is 4.00. The van der Waals surface area contributed by atoms with Gasteiger partial charge in [0.25, 0.3) is 0 Å². The highest BCUT2D eigenvalue weighted by Gasteiger charge is 2.24. The van der Waals surface area contributed by atoms with E-state index in [4.69, 9.17) is 5.73 Å². The maximum atomic E-state index is 11.9. The lowest BCUT2D eigenvalue weighted by Crippen LogP contribution is -2.15. The molecule has 0 aliphatic carbocycles. The SMILES string of the molecule is CCCc1c(C)n(CCN)c2c(C(=O)O)cc(C(C)(C)C)cc12. The smallest absolute Gasteiger partial charge is 0.337 e. The minimum Gasteiger partial charge on any atom is -0.478 e. The highest BCUT2D eigenvalue weighted by atomic mass is 16.4. The van der Waals surface area contributed by atoms with Crippen molar-refractivity contribution in [1.82, 2.24) is 4.57 Å². The van der Waals surface area contributed by atoms with Gasteiger partial charge >= 0.3 is 5.97 Å². The second kappa shape index (κ2) is 6.36. The summed E-state index contributed by atoms with van der Waals surface area (Å²) in [5.41, 5.74) is 10.3. The fraction of sp³-hybridized carbons (Fsp3) is 0.526. The van der Waals surface area contributed by atoms with Crippen molar-refractivity contribution < 1.29 is 9.90 Å². The zero-order valence-corrected chi connectivity index (χ0v) is 14.9. The van der Waals surface area contributed by atoms with E-state index in [9.17, 15) is 9.90 Å². The standard InChI is InChI=1S/C19H28N2O2/c1-6-7-14-12(2)21(9-8-20)17-15(14)10-13(19(3,4)5)11-16(17)18(22)23/h10-11H,6-9,20H2,1-5H3,(H,22,23). The van der Waals surface area contributed by atoms with Gasteiger partial charge in [0.1, 0.15) is 0 Å². The summed E-state index contributed by atoms with van der Waals surface area (Å²) in [5.74, 6) is -0.875. The van der Waals surface area contributed by atoms with Crippen LogP contribution in [-0.2, 0) is 18.4 Å². The number of nitrogens with two attached hydrogens (primary N) is 1. The largest absolute Gasteiger partial charge is 0.478 e. The Morgan fingerprint density at radius 2 is 1.96 bits per heavy atom. The van der Waals surface area contributed by atoms with Gasteiger partial charge in [0, 0.05) is 24.2 Å². The number of rotatable bonds is 5. The molecule has 0 aliphatic rings. The minimum atomic E-state index is -0.875. The number of carbonyl (C=O) groups is 1. The van der Waals surface area contributed by atoms with Gasteiger partial charge in [0.15, 0.2) is 0 Å². The molecule has 0 bridgehead atoms. The Morgan fingerprint density at radius 3 is 2.43 bits per heavy atom. The highest BCUT2D eigenvalue weighted by molar-refractivity contribution is 6.04. The molecule has 0 saturated carbocycles. The summed E-state index contributed by atoms with van der Waals surface area (Å²) in [4.78, 5) is 11.9. The Balaban J connectivity index is 2.93. The van der Waals surface area contributed by atoms with Crippen molar-refractivity contribution >= 4 is 16.9 Å². The first kappa shape index (κ1) is 17.5. The fourth-order valence-corrected chi connectivity index (χ4v) is 3.25. The number of benzene rings is 1.